The van der Waals surface area contributed by atoms with Crippen LogP contribution in [0.15, 0.2) is 0 Å². The van der Waals surface area contributed by atoms with Crippen molar-refractivity contribution in [2.75, 3.05) is 0 Å². The molecule has 0 radical (unpaired) electrons. The predicted molar refractivity (Wildman–Crippen MR) is 42.2 cm³/mol. The van der Waals surface area contributed by atoms with Crippen molar-refractivity contribution in [2.45, 2.75) is 32.3 Å². The second-order valence-corrected chi connectivity index (χ2v) is 2.31. The van der Waals surface area contributed by atoms with E-state index in [1.165, 1.54) is 0 Å². The number of aliphatic hydroxyl groups is 1. The van der Waals surface area contributed by atoms with Gasteiger partial charge in [-0.15, -0.1) is 0 Å². The summed E-state index contributed by atoms with van der Waals surface area (Å²) in [4.78, 5) is 2.56. The molecule has 0 heterocycles. The predicted octanol–water partition coefficient (Wildman–Crippen LogP) is 1.89. The van der Waals surface area contributed by atoms with Crippen LogP contribution in [0, 0.1) is 10.8 Å². The molecule has 0 aliphatic rings. The average molecular weight is 191 g/mol. The average Bonchev–Trinajstić information content (AvgIpc) is 1.85. The van der Waals surface area contributed by atoms with Crippen molar-refractivity contribution in [3.8, 4) is 10.8 Å². The molecule has 2 heteroatoms. The molecule has 0 aromatic heterocycles. The van der Waals surface area contributed by atoms with E-state index in [1.807, 2.05) is 6.92 Å². The van der Waals surface area contributed by atoms with Gasteiger partial charge in [0.25, 0.3) is 0 Å². The summed E-state index contributed by atoms with van der Waals surface area (Å²) in [6.45, 7) is 2.05. The van der Waals surface area contributed by atoms with Crippen LogP contribution >= 0.6 is 15.9 Å². The molecular formula is C7H11BrO. The van der Waals surface area contributed by atoms with E-state index in [1.54, 1.807) is 0 Å². The normalized spacial score (nSPS) is 11.9. The molecule has 1 nitrogen and oxygen atoms in total. The first-order valence-electron chi connectivity index (χ1n) is 3.07. The zero-order valence-electron chi connectivity index (χ0n) is 5.52. The minimum absolute atomic E-state index is 0.236. The van der Waals surface area contributed by atoms with Crippen LogP contribution in [-0.4, -0.2) is 11.2 Å². The molecule has 1 unspecified atom stereocenters. The van der Waals surface area contributed by atoms with Crippen LogP contribution in [0.4, 0.5) is 0 Å². The van der Waals surface area contributed by atoms with E-state index in [4.69, 9.17) is 5.11 Å². The molecule has 0 saturated heterocycles. The van der Waals surface area contributed by atoms with Crippen molar-refractivity contribution in [1.29, 1.82) is 0 Å². The lowest BCUT2D eigenvalue weighted by Gasteiger charge is -2.01. The number of halogens is 1. The second-order valence-electron chi connectivity index (χ2n) is 1.92. The Balaban J connectivity index is 3.22. The zero-order valence-corrected chi connectivity index (χ0v) is 7.11. The summed E-state index contributed by atoms with van der Waals surface area (Å²) in [5, 5.41) is 9.06. The van der Waals surface area contributed by atoms with Crippen LogP contribution in [0.3, 0.4) is 0 Å². The van der Waals surface area contributed by atoms with Gasteiger partial charge in [-0.1, -0.05) is 19.3 Å². The summed E-state index contributed by atoms with van der Waals surface area (Å²) in [6.07, 6.45) is 2.21. The summed E-state index contributed by atoms with van der Waals surface area (Å²) in [5.41, 5.74) is 0. The zero-order chi connectivity index (χ0) is 7.11. The third-order valence-corrected chi connectivity index (χ3v) is 1.31. The van der Waals surface area contributed by atoms with E-state index in [2.05, 4.69) is 26.7 Å². The van der Waals surface area contributed by atoms with Gasteiger partial charge in [0.05, 0.1) is 6.10 Å². The second kappa shape index (κ2) is 6.12. The topological polar surface area (TPSA) is 20.2 Å². The molecule has 0 aromatic rings. The highest BCUT2D eigenvalue weighted by molar-refractivity contribution is 9.12. The Labute approximate surface area is 64.6 Å². The summed E-state index contributed by atoms with van der Waals surface area (Å²) in [7, 11) is 0. The van der Waals surface area contributed by atoms with Gasteiger partial charge in [-0.3, -0.25) is 0 Å². The lowest BCUT2D eigenvalue weighted by Crippen LogP contribution is -2.03. The Morgan fingerprint density at radius 1 is 1.67 bits per heavy atom. The van der Waals surface area contributed by atoms with Gasteiger partial charge in [0.15, 0.2) is 0 Å². The van der Waals surface area contributed by atoms with Crippen LogP contribution in [-0.2, 0) is 0 Å². The van der Waals surface area contributed by atoms with Crippen molar-refractivity contribution in [3.05, 3.63) is 0 Å². The molecule has 0 rings (SSSR count). The van der Waals surface area contributed by atoms with E-state index in [0.717, 1.165) is 12.8 Å². The molecule has 0 bridgehead atoms. The summed E-state index contributed by atoms with van der Waals surface area (Å²) in [5.74, 6) is 2.75. The number of hydrogen-bond donors (Lipinski definition) is 1. The van der Waals surface area contributed by atoms with Gasteiger partial charge in [0, 0.05) is 22.4 Å². The molecule has 0 fully saturated rings. The molecule has 0 aromatic carbocycles. The highest BCUT2D eigenvalue weighted by Crippen LogP contribution is 1.99. The number of aliphatic hydroxyl groups excluding tert-OH is 1. The largest absolute Gasteiger partial charge is 0.392 e. The Kier molecular flexibility index (Phi) is 6.12. The van der Waals surface area contributed by atoms with Crippen molar-refractivity contribution < 1.29 is 5.11 Å². The van der Waals surface area contributed by atoms with Crippen LogP contribution in [0.1, 0.15) is 26.2 Å². The Hall–Kier alpha value is 0. The fraction of sp³-hybridized carbons (Fsp3) is 0.714. The van der Waals surface area contributed by atoms with E-state index < -0.39 is 0 Å². The monoisotopic (exact) mass is 190 g/mol. The number of hydrogen-bond acceptors (Lipinski definition) is 1. The van der Waals surface area contributed by atoms with Crippen molar-refractivity contribution in [1.82, 2.24) is 0 Å². The van der Waals surface area contributed by atoms with Crippen LogP contribution in [0.2, 0.25) is 0 Å². The van der Waals surface area contributed by atoms with Gasteiger partial charge in [-0.05, 0) is 11.3 Å². The lowest BCUT2D eigenvalue weighted by molar-refractivity contribution is 0.169. The van der Waals surface area contributed by atoms with Crippen LogP contribution in [0.25, 0.3) is 0 Å². The van der Waals surface area contributed by atoms with Crippen LogP contribution in [0.5, 0.6) is 0 Å². The Bertz CT molecular complexity index is 112. The van der Waals surface area contributed by atoms with Gasteiger partial charge in [0.2, 0.25) is 0 Å². The summed E-state index contributed by atoms with van der Waals surface area (Å²) < 4.78 is 0. The van der Waals surface area contributed by atoms with Gasteiger partial charge < -0.3 is 5.11 Å². The first-order chi connectivity index (χ1) is 4.31. The molecule has 0 aliphatic carbocycles. The van der Waals surface area contributed by atoms with E-state index in [0.29, 0.717) is 6.42 Å². The minimum atomic E-state index is -0.236. The smallest absolute Gasteiger partial charge is 0.0649 e. The maximum atomic E-state index is 9.06. The van der Waals surface area contributed by atoms with Crippen molar-refractivity contribution >= 4 is 15.9 Å². The standard InChI is InChI=1S/C7H11BrO/c1-2-4-7(9)5-3-6-8/h7,9H,2,4-5H2,1H3. The molecule has 9 heavy (non-hydrogen) atoms. The molecule has 0 amide bonds. The van der Waals surface area contributed by atoms with Crippen molar-refractivity contribution in [2.24, 2.45) is 0 Å². The number of rotatable bonds is 3. The van der Waals surface area contributed by atoms with Crippen LogP contribution < -0.4 is 0 Å². The first kappa shape index (κ1) is 9.00. The third-order valence-electron chi connectivity index (χ3n) is 1.03. The molecule has 1 N–H and O–H groups in total. The Morgan fingerprint density at radius 2 is 2.33 bits per heavy atom. The SMILES string of the molecule is CCCC(O)CC#CBr. The molecular weight excluding hydrogens is 180 g/mol. The van der Waals surface area contributed by atoms with E-state index in [9.17, 15) is 0 Å². The molecule has 0 spiro atoms. The molecule has 0 saturated carbocycles. The maximum Gasteiger partial charge on any atom is 0.0649 e. The maximum absolute atomic E-state index is 9.06. The fourth-order valence-corrected chi connectivity index (χ4v) is 0.754. The molecule has 0 aliphatic heterocycles. The quantitative estimate of drug-likeness (QED) is 0.675. The van der Waals surface area contributed by atoms with Gasteiger partial charge in [-0.25, -0.2) is 0 Å². The highest BCUT2D eigenvalue weighted by Gasteiger charge is 1.97. The summed E-state index contributed by atoms with van der Waals surface area (Å²) in [6, 6.07) is 0. The third kappa shape index (κ3) is 5.88. The molecule has 52 valence electrons. The van der Waals surface area contributed by atoms with Crippen molar-refractivity contribution in [3.63, 3.8) is 0 Å². The highest BCUT2D eigenvalue weighted by atomic mass is 79.9. The molecule has 1 atom stereocenters. The lowest BCUT2D eigenvalue weighted by atomic mass is 10.1. The van der Waals surface area contributed by atoms with Gasteiger partial charge in [0.1, 0.15) is 0 Å². The Morgan fingerprint density at radius 3 is 2.78 bits per heavy atom. The van der Waals surface area contributed by atoms with Gasteiger partial charge >= 0.3 is 0 Å². The fourth-order valence-electron chi connectivity index (χ4n) is 0.592. The van der Waals surface area contributed by atoms with Gasteiger partial charge in [-0.2, -0.15) is 0 Å². The van der Waals surface area contributed by atoms with E-state index in [-0.39, 0.29) is 6.10 Å². The van der Waals surface area contributed by atoms with E-state index >= 15 is 0 Å². The minimum Gasteiger partial charge on any atom is -0.392 e. The first-order valence-corrected chi connectivity index (χ1v) is 3.87. The summed E-state index contributed by atoms with van der Waals surface area (Å²) >= 11 is 2.96.